The molecule has 0 aliphatic heterocycles. The van der Waals surface area contributed by atoms with Crippen LogP contribution in [0.2, 0.25) is 0 Å². The van der Waals surface area contributed by atoms with Gasteiger partial charge in [0.25, 0.3) is 0 Å². The summed E-state index contributed by atoms with van der Waals surface area (Å²) >= 11 is 3.60. The smallest absolute Gasteiger partial charge is 0.0643 e. The molecule has 0 aliphatic rings. The number of fused-ring (bicyclic) bond motifs is 1. The lowest BCUT2D eigenvalue weighted by Crippen LogP contribution is -2.00. The van der Waals surface area contributed by atoms with E-state index in [1.165, 1.54) is 16.3 Å². The zero-order valence-electron chi connectivity index (χ0n) is 11.5. The van der Waals surface area contributed by atoms with Gasteiger partial charge < -0.3 is 5.32 Å². The van der Waals surface area contributed by atoms with E-state index >= 15 is 0 Å². The normalized spacial score (nSPS) is 10.9. The second kappa shape index (κ2) is 5.29. The number of hydrogen-bond acceptors (Lipinski definition) is 2. The Balaban J connectivity index is 1.92. The third-order valence-corrected chi connectivity index (χ3v) is 4.15. The molecule has 0 saturated heterocycles. The zero-order valence-corrected chi connectivity index (χ0v) is 13.1. The Morgan fingerprint density at radius 1 is 1.15 bits per heavy atom. The Labute approximate surface area is 126 Å². The first-order valence-electron chi connectivity index (χ1n) is 6.55. The van der Waals surface area contributed by atoms with E-state index < -0.39 is 0 Å². The molecule has 0 radical (unpaired) electrons. The van der Waals surface area contributed by atoms with E-state index in [9.17, 15) is 0 Å². The molecule has 3 nitrogen and oxygen atoms in total. The number of aryl methyl sites for hydroxylation is 2. The lowest BCUT2D eigenvalue weighted by Gasteiger charge is -2.10. The van der Waals surface area contributed by atoms with Crippen molar-refractivity contribution in [3.63, 3.8) is 0 Å². The third-order valence-electron chi connectivity index (χ3n) is 3.46. The Morgan fingerprint density at radius 2 is 1.90 bits per heavy atom. The number of hydrogen-bond donors (Lipinski definition) is 1. The highest BCUT2D eigenvalue weighted by molar-refractivity contribution is 9.10. The SMILES string of the molecule is Cc1nn(C)cc1CNc1ccc(Br)c2ccccc12. The molecule has 1 heterocycles. The summed E-state index contributed by atoms with van der Waals surface area (Å²) in [4.78, 5) is 0. The number of benzene rings is 2. The van der Waals surface area contributed by atoms with Crippen LogP contribution in [0.3, 0.4) is 0 Å². The van der Waals surface area contributed by atoms with E-state index in [0.29, 0.717) is 0 Å². The van der Waals surface area contributed by atoms with E-state index in [1.54, 1.807) is 0 Å². The van der Waals surface area contributed by atoms with Gasteiger partial charge in [-0.25, -0.2) is 0 Å². The Morgan fingerprint density at radius 3 is 2.60 bits per heavy atom. The highest BCUT2D eigenvalue weighted by atomic mass is 79.9. The average molecular weight is 330 g/mol. The van der Waals surface area contributed by atoms with E-state index in [2.05, 4.69) is 68.9 Å². The van der Waals surface area contributed by atoms with Crippen LogP contribution in [0.1, 0.15) is 11.3 Å². The van der Waals surface area contributed by atoms with Crippen LogP contribution in [0.5, 0.6) is 0 Å². The van der Waals surface area contributed by atoms with Crippen LogP contribution in [-0.4, -0.2) is 9.78 Å². The fourth-order valence-electron chi connectivity index (χ4n) is 2.43. The maximum atomic E-state index is 4.37. The zero-order chi connectivity index (χ0) is 14.1. The van der Waals surface area contributed by atoms with Gasteiger partial charge in [0.2, 0.25) is 0 Å². The number of anilines is 1. The van der Waals surface area contributed by atoms with Gasteiger partial charge in [0, 0.05) is 40.9 Å². The molecule has 2 aromatic carbocycles. The van der Waals surface area contributed by atoms with Crippen molar-refractivity contribution in [2.75, 3.05) is 5.32 Å². The fraction of sp³-hybridized carbons (Fsp3) is 0.188. The minimum atomic E-state index is 0.783. The number of nitrogens with zero attached hydrogens (tertiary/aromatic N) is 2. The molecule has 4 heteroatoms. The summed E-state index contributed by atoms with van der Waals surface area (Å²) in [7, 11) is 1.95. The quantitative estimate of drug-likeness (QED) is 0.778. The minimum absolute atomic E-state index is 0.783. The van der Waals surface area contributed by atoms with Crippen molar-refractivity contribution in [2.24, 2.45) is 7.05 Å². The monoisotopic (exact) mass is 329 g/mol. The molecule has 1 N–H and O–H groups in total. The molecule has 102 valence electrons. The molecule has 0 aliphatic carbocycles. The fourth-order valence-corrected chi connectivity index (χ4v) is 2.91. The van der Waals surface area contributed by atoms with Crippen LogP contribution in [0.4, 0.5) is 5.69 Å². The second-order valence-corrected chi connectivity index (χ2v) is 5.76. The summed E-state index contributed by atoms with van der Waals surface area (Å²) in [5.74, 6) is 0. The number of nitrogens with one attached hydrogen (secondary N) is 1. The number of aromatic nitrogens is 2. The molecule has 0 spiro atoms. The van der Waals surface area contributed by atoms with Crippen molar-refractivity contribution in [1.29, 1.82) is 0 Å². The molecular formula is C16H16BrN3. The molecule has 0 fully saturated rings. The maximum Gasteiger partial charge on any atom is 0.0643 e. The molecule has 0 saturated carbocycles. The summed E-state index contributed by atoms with van der Waals surface area (Å²) in [6, 6.07) is 12.6. The first-order chi connectivity index (χ1) is 9.65. The van der Waals surface area contributed by atoms with Gasteiger partial charge in [-0.15, -0.1) is 0 Å². The lowest BCUT2D eigenvalue weighted by atomic mass is 10.1. The maximum absolute atomic E-state index is 4.37. The molecule has 1 aromatic heterocycles. The molecule has 20 heavy (non-hydrogen) atoms. The van der Waals surface area contributed by atoms with E-state index in [-0.39, 0.29) is 0 Å². The van der Waals surface area contributed by atoms with Crippen LogP contribution in [-0.2, 0) is 13.6 Å². The number of rotatable bonds is 3. The van der Waals surface area contributed by atoms with Crippen LogP contribution >= 0.6 is 15.9 Å². The van der Waals surface area contributed by atoms with Crippen molar-refractivity contribution < 1.29 is 0 Å². The van der Waals surface area contributed by atoms with Gasteiger partial charge in [-0.2, -0.15) is 5.10 Å². The topological polar surface area (TPSA) is 29.9 Å². The van der Waals surface area contributed by atoms with Crippen molar-refractivity contribution in [3.8, 4) is 0 Å². The highest BCUT2D eigenvalue weighted by Gasteiger charge is 2.06. The second-order valence-electron chi connectivity index (χ2n) is 4.91. The molecule has 0 unspecified atom stereocenters. The number of halogens is 1. The predicted molar refractivity (Wildman–Crippen MR) is 86.9 cm³/mol. The lowest BCUT2D eigenvalue weighted by molar-refractivity contribution is 0.756. The van der Waals surface area contributed by atoms with Gasteiger partial charge in [0.05, 0.1) is 5.69 Å². The summed E-state index contributed by atoms with van der Waals surface area (Å²) in [5.41, 5.74) is 3.44. The Hall–Kier alpha value is -1.81. The summed E-state index contributed by atoms with van der Waals surface area (Å²) in [6.07, 6.45) is 2.06. The van der Waals surface area contributed by atoms with Gasteiger partial charge in [-0.3, -0.25) is 4.68 Å². The highest BCUT2D eigenvalue weighted by Crippen LogP contribution is 2.30. The predicted octanol–water partition coefficient (Wildman–Crippen LogP) is 4.26. The molecule has 3 rings (SSSR count). The molecule has 0 atom stereocenters. The van der Waals surface area contributed by atoms with Gasteiger partial charge in [0.15, 0.2) is 0 Å². The molecular weight excluding hydrogens is 314 g/mol. The van der Waals surface area contributed by atoms with Gasteiger partial charge in [0.1, 0.15) is 0 Å². The van der Waals surface area contributed by atoms with Crippen LogP contribution in [0, 0.1) is 6.92 Å². The van der Waals surface area contributed by atoms with Crippen molar-refractivity contribution in [1.82, 2.24) is 9.78 Å². The summed E-state index contributed by atoms with van der Waals surface area (Å²) < 4.78 is 2.97. The standard InChI is InChI=1S/C16H16BrN3/c1-11-12(10-20(2)19-11)9-18-16-8-7-15(17)13-5-3-4-6-14(13)16/h3-8,10,18H,9H2,1-2H3. The average Bonchev–Trinajstić information content (AvgIpc) is 2.77. The van der Waals surface area contributed by atoms with Crippen molar-refractivity contribution in [2.45, 2.75) is 13.5 Å². The van der Waals surface area contributed by atoms with Crippen LogP contribution in [0.25, 0.3) is 10.8 Å². The van der Waals surface area contributed by atoms with Crippen molar-refractivity contribution in [3.05, 3.63) is 58.3 Å². The third kappa shape index (κ3) is 2.43. The summed E-state index contributed by atoms with van der Waals surface area (Å²) in [6.45, 7) is 2.82. The Bertz CT molecular complexity index is 762. The minimum Gasteiger partial charge on any atom is -0.380 e. The van der Waals surface area contributed by atoms with E-state index in [0.717, 1.165) is 22.4 Å². The Kier molecular flexibility index (Phi) is 3.49. The molecule has 0 bridgehead atoms. The van der Waals surface area contributed by atoms with Crippen LogP contribution < -0.4 is 5.32 Å². The van der Waals surface area contributed by atoms with Gasteiger partial charge >= 0.3 is 0 Å². The largest absolute Gasteiger partial charge is 0.380 e. The van der Waals surface area contributed by atoms with Gasteiger partial charge in [-0.05, 0) is 24.4 Å². The van der Waals surface area contributed by atoms with Crippen LogP contribution in [0.15, 0.2) is 47.1 Å². The van der Waals surface area contributed by atoms with E-state index in [4.69, 9.17) is 0 Å². The van der Waals surface area contributed by atoms with E-state index in [1.807, 2.05) is 18.7 Å². The first-order valence-corrected chi connectivity index (χ1v) is 7.34. The summed E-state index contributed by atoms with van der Waals surface area (Å²) in [5, 5.41) is 10.3. The molecule has 0 amide bonds. The van der Waals surface area contributed by atoms with Gasteiger partial charge in [-0.1, -0.05) is 40.2 Å². The first kappa shape index (κ1) is 13.2. The van der Waals surface area contributed by atoms with Crippen molar-refractivity contribution >= 4 is 32.4 Å². The molecule has 3 aromatic rings.